The van der Waals surface area contributed by atoms with Gasteiger partial charge in [-0.1, -0.05) is 6.07 Å². The first-order chi connectivity index (χ1) is 6.92. The Labute approximate surface area is 86.8 Å². The summed E-state index contributed by atoms with van der Waals surface area (Å²) < 4.78 is 2.06. The molecule has 0 aliphatic heterocycles. The maximum absolute atomic E-state index is 8.69. The zero-order chi connectivity index (χ0) is 9.80. The fourth-order valence-electron chi connectivity index (χ4n) is 1.28. The molecule has 1 N–H and O–H groups in total. The number of pyridine rings is 1. The second-order valence-electron chi connectivity index (χ2n) is 2.95. The van der Waals surface area contributed by atoms with Crippen LogP contribution in [0.15, 0.2) is 35.6 Å². The Morgan fingerprint density at radius 1 is 1.43 bits per heavy atom. The summed E-state index contributed by atoms with van der Waals surface area (Å²) in [6.07, 6.45) is 4.58. The van der Waals surface area contributed by atoms with Gasteiger partial charge in [0.25, 0.3) is 0 Å². The lowest BCUT2D eigenvalue weighted by molar-refractivity contribution is 0.296. The molecule has 3 nitrogen and oxygen atoms in total. The first kappa shape index (κ1) is 9.55. The standard InChI is InChI=1S/C10H12N2OS/c13-7-2-8-14-10-4-1-3-9-11-5-6-12(9)10/h1,3-6,13H,2,7-8H2. The molecular formula is C10H12N2OS. The average molecular weight is 208 g/mol. The van der Waals surface area contributed by atoms with Gasteiger partial charge in [-0.3, -0.25) is 4.40 Å². The number of hydrogen-bond donors (Lipinski definition) is 1. The molecule has 0 bridgehead atoms. The third-order valence-electron chi connectivity index (χ3n) is 1.94. The predicted molar refractivity (Wildman–Crippen MR) is 57.6 cm³/mol. The molecule has 4 heteroatoms. The fourth-order valence-corrected chi connectivity index (χ4v) is 2.23. The molecule has 14 heavy (non-hydrogen) atoms. The number of nitrogens with zero attached hydrogens (tertiary/aromatic N) is 2. The third-order valence-corrected chi connectivity index (χ3v) is 3.06. The van der Waals surface area contributed by atoms with Crippen molar-refractivity contribution in [2.45, 2.75) is 11.4 Å². The maximum Gasteiger partial charge on any atom is 0.137 e. The first-order valence-electron chi connectivity index (χ1n) is 4.57. The minimum atomic E-state index is 0.257. The Bertz CT molecular complexity index is 413. The molecule has 2 heterocycles. The van der Waals surface area contributed by atoms with Crippen LogP contribution < -0.4 is 0 Å². The van der Waals surface area contributed by atoms with Crippen molar-refractivity contribution in [2.24, 2.45) is 0 Å². The molecule has 0 aliphatic carbocycles. The van der Waals surface area contributed by atoms with Crippen LogP contribution in [-0.4, -0.2) is 26.9 Å². The molecule has 0 amide bonds. The lowest BCUT2D eigenvalue weighted by Crippen LogP contribution is -1.91. The van der Waals surface area contributed by atoms with Gasteiger partial charge in [0.1, 0.15) is 5.65 Å². The molecule has 0 aliphatic rings. The van der Waals surface area contributed by atoms with Crippen molar-refractivity contribution in [1.29, 1.82) is 0 Å². The van der Waals surface area contributed by atoms with Gasteiger partial charge in [0.15, 0.2) is 0 Å². The number of aliphatic hydroxyl groups excluding tert-OH is 1. The Kier molecular flexibility index (Phi) is 3.06. The van der Waals surface area contributed by atoms with E-state index >= 15 is 0 Å². The predicted octanol–water partition coefficient (Wildman–Crippen LogP) is 1.81. The Balaban J connectivity index is 2.19. The largest absolute Gasteiger partial charge is 0.396 e. The number of fused-ring (bicyclic) bond motifs is 1. The quantitative estimate of drug-likeness (QED) is 0.615. The minimum Gasteiger partial charge on any atom is -0.396 e. The molecule has 0 saturated carbocycles. The van der Waals surface area contributed by atoms with Crippen LogP contribution >= 0.6 is 11.8 Å². The topological polar surface area (TPSA) is 37.5 Å². The number of imidazole rings is 1. The van der Waals surface area contributed by atoms with Gasteiger partial charge in [-0.2, -0.15) is 0 Å². The van der Waals surface area contributed by atoms with E-state index in [-0.39, 0.29) is 6.61 Å². The van der Waals surface area contributed by atoms with Crippen molar-refractivity contribution >= 4 is 17.4 Å². The van der Waals surface area contributed by atoms with Crippen LogP contribution in [0.4, 0.5) is 0 Å². The van der Waals surface area contributed by atoms with E-state index in [2.05, 4.69) is 15.5 Å². The Morgan fingerprint density at radius 3 is 3.21 bits per heavy atom. The zero-order valence-electron chi connectivity index (χ0n) is 7.76. The van der Waals surface area contributed by atoms with Crippen LogP contribution in [0.1, 0.15) is 6.42 Å². The highest BCUT2D eigenvalue weighted by molar-refractivity contribution is 7.99. The summed E-state index contributed by atoms with van der Waals surface area (Å²) >= 11 is 1.74. The molecule has 0 spiro atoms. The van der Waals surface area contributed by atoms with E-state index < -0.39 is 0 Å². The van der Waals surface area contributed by atoms with Crippen molar-refractivity contribution in [2.75, 3.05) is 12.4 Å². The summed E-state index contributed by atoms with van der Waals surface area (Å²) in [5.74, 6) is 0.938. The Morgan fingerprint density at radius 2 is 2.36 bits per heavy atom. The van der Waals surface area contributed by atoms with Crippen LogP contribution in [0.5, 0.6) is 0 Å². The summed E-state index contributed by atoms with van der Waals surface area (Å²) in [7, 11) is 0. The lowest BCUT2D eigenvalue weighted by atomic mass is 10.5. The van der Waals surface area contributed by atoms with Crippen molar-refractivity contribution in [3.8, 4) is 0 Å². The molecule has 0 aromatic carbocycles. The van der Waals surface area contributed by atoms with Crippen LogP contribution in [0.25, 0.3) is 5.65 Å². The van der Waals surface area contributed by atoms with E-state index in [1.807, 2.05) is 18.3 Å². The summed E-state index contributed by atoms with van der Waals surface area (Å²) in [5, 5.41) is 9.86. The van der Waals surface area contributed by atoms with Gasteiger partial charge in [0.05, 0.1) is 5.03 Å². The first-order valence-corrected chi connectivity index (χ1v) is 5.56. The highest BCUT2D eigenvalue weighted by atomic mass is 32.2. The van der Waals surface area contributed by atoms with E-state index in [1.165, 1.54) is 5.03 Å². The van der Waals surface area contributed by atoms with Crippen LogP contribution in [0.2, 0.25) is 0 Å². The molecule has 0 unspecified atom stereocenters. The van der Waals surface area contributed by atoms with E-state index in [9.17, 15) is 0 Å². The molecule has 2 aromatic heterocycles. The smallest absolute Gasteiger partial charge is 0.137 e. The van der Waals surface area contributed by atoms with Crippen molar-refractivity contribution in [1.82, 2.24) is 9.38 Å². The summed E-state index contributed by atoms with van der Waals surface area (Å²) in [6, 6.07) is 6.05. The highest BCUT2D eigenvalue weighted by Gasteiger charge is 1.99. The minimum absolute atomic E-state index is 0.257. The summed E-state index contributed by atoms with van der Waals surface area (Å²) in [6.45, 7) is 0.257. The van der Waals surface area contributed by atoms with Gasteiger partial charge < -0.3 is 5.11 Å². The SMILES string of the molecule is OCCCSc1cccc2nccn12. The normalized spacial score (nSPS) is 10.9. The van der Waals surface area contributed by atoms with Gasteiger partial charge in [-0.15, -0.1) is 11.8 Å². The number of rotatable bonds is 4. The molecule has 0 radical (unpaired) electrons. The van der Waals surface area contributed by atoms with Crippen molar-refractivity contribution in [3.63, 3.8) is 0 Å². The molecule has 0 atom stereocenters. The zero-order valence-corrected chi connectivity index (χ0v) is 8.57. The number of thioether (sulfide) groups is 1. The maximum atomic E-state index is 8.69. The molecular weight excluding hydrogens is 196 g/mol. The molecule has 0 saturated heterocycles. The van der Waals surface area contributed by atoms with Gasteiger partial charge in [-0.25, -0.2) is 4.98 Å². The molecule has 0 fully saturated rings. The van der Waals surface area contributed by atoms with Gasteiger partial charge in [0, 0.05) is 24.8 Å². The van der Waals surface area contributed by atoms with E-state index in [0.29, 0.717) is 0 Å². The van der Waals surface area contributed by atoms with Crippen molar-refractivity contribution in [3.05, 3.63) is 30.6 Å². The molecule has 2 aromatic rings. The van der Waals surface area contributed by atoms with Crippen molar-refractivity contribution < 1.29 is 5.11 Å². The summed E-state index contributed by atoms with van der Waals surface area (Å²) in [4.78, 5) is 4.21. The average Bonchev–Trinajstić information content (AvgIpc) is 2.67. The summed E-state index contributed by atoms with van der Waals surface area (Å²) in [5.41, 5.74) is 0.971. The monoisotopic (exact) mass is 208 g/mol. The van der Waals surface area contributed by atoms with Crippen LogP contribution in [0.3, 0.4) is 0 Å². The lowest BCUT2D eigenvalue weighted by Gasteiger charge is -2.03. The molecule has 2 rings (SSSR count). The Hall–Kier alpha value is -1.00. The van der Waals surface area contributed by atoms with Crippen LogP contribution in [0, 0.1) is 0 Å². The van der Waals surface area contributed by atoms with Gasteiger partial charge in [0.2, 0.25) is 0 Å². The number of hydrogen-bond acceptors (Lipinski definition) is 3. The second kappa shape index (κ2) is 4.48. The number of aliphatic hydroxyl groups is 1. The highest BCUT2D eigenvalue weighted by Crippen LogP contribution is 2.19. The van der Waals surface area contributed by atoms with Gasteiger partial charge >= 0.3 is 0 Å². The molecule has 74 valence electrons. The second-order valence-corrected chi connectivity index (χ2v) is 4.06. The van der Waals surface area contributed by atoms with E-state index in [0.717, 1.165) is 17.8 Å². The van der Waals surface area contributed by atoms with E-state index in [4.69, 9.17) is 5.11 Å². The van der Waals surface area contributed by atoms with Crippen LogP contribution in [-0.2, 0) is 0 Å². The number of aromatic nitrogens is 2. The third kappa shape index (κ3) is 1.91. The fraction of sp³-hybridized carbons (Fsp3) is 0.300. The van der Waals surface area contributed by atoms with Gasteiger partial charge in [-0.05, 0) is 18.6 Å². The van der Waals surface area contributed by atoms with E-state index in [1.54, 1.807) is 18.0 Å².